The van der Waals surface area contributed by atoms with Gasteiger partial charge in [0.1, 0.15) is 6.54 Å². The summed E-state index contributed by atoms with van der Waals surface area (Å²) < 4.78 is 5.07. The number of rotatable bonds is 6. The quantitative estimate of drug-likeness (QED) is 0.627. The molecule has 6 heteroatoms. The highest BCUT2D eigenvalue weighted by atomic mass is 16.5. The summed E-state index contributed by atoms with van der Waals surface area (Å²) in [7, 11) is 0. The van der Waals surface area contributed by atoms with Crippen molar-refractivity contribution in [3.05, 3.63) is 83.4 Å². The monoisotopic (exact) mass is 416 g/mol. The summed E-state index contributed by atoms with van der Waals surface area (Å²) in [6, 6.07) is 21.7. The van der Waals surface area contributed by atoms with Gasteiger partial charge in [-0.3, -0.25) is 14.4 Å². The summed E-state index contributed by atoms with van der Waals surface area (Å²) in [5.74, 6) is -1.13. The molecule has 1 aliphatic rings. The van der Waals surface area contributed by atoms with E-state index in [4.69, 9.17) is 4.74 Å². The molecule has 0 radical (unpaired) electrons. The molecule has 31 heavy (non-hydrogen) atoms. The number of carbonyl (C=O) groups is 3. The molecule has 0 atom stereocenters. The fourth-order valence-corrected chi connectivity index (χ4v) is 3.85. The summed E-state index contributed by atoms with van der Waals surface area (Å²) in [6.07, 6.45) is 0.959. The SMILES string of the molecule is O=C(Cc1cccc2ccccc12)NCC(=O)OCC(=O)N1CCc2ccccc2C1. The van der Waals surface area contributed by atoms with Crippen molar-refractivity contribution in [2.24, 2.45) is 0 Å². The van der Waals surface area contributed by atoms with Gasteiger partial charge in [0.2, 0.25) is 5.91 Å². The molecular weight excluding hydrogens is 392 g/mol. The van der Waals surface area contributed by atoms with Gasteiger partial charge in [-0.05, 0) is 33.9 Å². The van der Waals surface area contributed by atoms with Crippen LogP contribution in [0.2, 0.25) is 0 Å². The van der Waals surface area contributed by atoms with E-state index in [9.17, 15) is 14.4 Å². The maximum absolute atomic E-state index is 12.4. The lowest BCUT2D eigenvalue weighted by Gasteiger charge is -2.28. The zero-order valence-electron chi connectivity index (χ0n) is 17.2. The van der Waals surface area contributed by atoms with Crippen LogP contribution in [-0.2, 0) is 38.5 Å². The Balaban J connectivity index is 1.22. The average Bonchev–Trinajstić information content (AvgIpc) is 2.81. The second-order valence-corrected chi connectivity index (χ2v) is 7.59. The molecule has 0 spiro atoms. The van der Waals surface area contributed by atoms with Crippen LogP contribution in [0, 0.1) is 0 Å². The first-order valence-electron chi connectivity index (χ1n) is 10.3. The van der Waals surface area contributed by atoms with Gasteiger partial charge in [-0.1, -0.05) is 66.7 Å². The normalized spacial score (nSPS) is 12.8. The van der Waals surface area contributed by atoms with Gasteiger partial charge >= 0.3 is 5.97 Å². The molecule has 0 aromatic heterocycles. The maximum Gasteiger partial charge on any atom is 0.325 e. The number of benzene rings is 3. The average molecular weight is 416 g/mol. The summed E-state index contributed by atoms with van der Waals surface area (Å²) in [5.41, 5.74) is 3.26. The first-order chi connectivity index (χ1) is 15.1. The van der Waals surface area contributed by atoms with Crippen molar-refractivity contribution in [2.45, 2.75) is 19.4 Å². The van der Waals surface area contributed by atoms with E-state index in [-0.39, 0.29) is 31.4 Å². The van der Waals surface area contributed by atoms with Crippen LogP contribution in [0.1, 0.15) is 16.7 Å². The van der Waals surface area contributed by atoms with E-state index in [0.29, 0.717) is 13.1 Å². The minimum atomic E-state index is -0.628. The van der Waals surface area contributed by atoms with Crippen LogP contribution in [-0.4, -0.2) is 42.4 Å². The summed E-state index contributed by atoms with van der Waals surface area (Å²) in [5, 5.41) is 4.65. The summed E-state index contributed by atoms with van der Waals surface area (Å²) >= 11 is 0. The van der Waals surface area contributed by atoms with Crippen molar-refractivity contribution in [2.75, 3.05) is 19.7 Å². The molecule has 4 rings (SSSR count). The van der Waals surface area contributed by atoms with E-state index in [0.717, 1.165) is 28.3 Å². The number of esters is 1. The Hall–Kier alpha value is -3.67. The number of ether oxygens (including phenoxy) is 1. The van der Waals surface area contributed by atoms with E-state index in [1.54, 1.807) is 4.90 Å². The highest BCUT2D eigenvalue weighted by molar-refractivity contribution is 5.91. The Morgan fingerprint density at radius 3 is 2.52 bits per heavy atom. The molecule has 0 fully saturated rings. The molecule has 3 aromatic rings. The van der Waals surface area contributed by atoms with E-state index in [1.807, 2.05) is 60.7 Å². The van der Waals surface area contributed by atoms with Crippen molar-refractivity contribution < 1.29 is 19.1 Å². The lowest BCUT2D eigenvalue weighted by Crippen LogP contribution is -2.39. The highest BCUT2D eigenvalue weighted by Gasteiger charge is 2.21. The van der Waals surface area contributed by atoms with E-state index in [2.05, 4.69) is 11.4 Å². The number of nitrogens with zero attached hydrogens (tertiary/aromatic N) is 1. The minimum absolute atomic E-state index is 0.167. The van der Waals surface area contributed by atoms with Gasteiger partial charge in [0.15, 0.2) is 6.61 Å². The number of fused-ring (bicyclic) bond motifs is 2. The number of hydrogen-bond acceptors (Lipinski definition) is 4. The second-order valence-electron chi connectivity index (χ2n) is 7.59. The van der Waals surface area contributed by atoms with E-state index in [1.165, 1.54) is 5.56 Å². The Labute approximate surface area is 180 Å². The van der Waals surface area contributed by atoms with Crippen molar-refractivity contribution in [1.29, 1.82) is 0 Å². The third-order valence-corrected chi connectivity index (χ3v) is 5.50. The molecule has 0 unspecified atom stereocenters. The first-order valence-corrected chi connectivity index (χ1v) is 10.3. The lowest BCUT2D eigenvalue weighted by atomic mass is 10.00. The fourth-order valence-electron chi connectivity index (χ4n) is 3.85. The van der Waals surface area contributed by atoms with Crippen LogP contribution < -0.4 is 5.32 Å². The van der Waals surface area contributed by atoms with E-state index >= 15 is 0 Å². The van der Waals surface area contributed by atoms with Crippen LogP contribution in [0.3, 0.4) is 0 Å². The van der Waals surface area contributed by atoms with Gasteiger partial charge in [-0.15, -0.1) is 0 Å². The van der Waals surface area contributed by atoms with Crippen molar-refractivity contribution in [1.82, 2.24) is 10.2 Å². The minimum Gasteiger partial charge on any atom is -0.454 e. The summed E-state index contributed by atoms with van der Waals surface area (Å²) in [4.78, 5) is 38.3. The van der Waals surface area contributed by atoms with Crippen molar-refractivity contribution in [3.8, 4) is 0 Å². The molecule has 6 nitrogen and oxygen atoms in total. The number of carbonyl (C=O) groups excluding carboxylic acids is 3. The second kappa shape index (κ2) is 9.43. The standard InChI is InChI=1S/C25H24N2O4/c28-23(14-20-10-5-9-19-7-3-4-11-22(19)20)26-15-25(30)31-17-24(29)27-13-12-18-6-1-2-8-21(18)16-27/h1-11H,12-17H2,(H,26,28). The molecule has 0 saturated heterocycles. The topological polar surface area (TPSA) is 75.7 Å². The van der Waals surface area contributed by atoms with Crippen LogP contribution >= 0.6 is 0 Å². The van der Waals surface area contributed by atoms with Gasteiger partial charge < -0.3 is 15.0 Å². The lowest BCUT2D eigenvalue weighted by molar-refractivity contribution is -0.152. The van der Waals surface area contributed by atoms with Gasteiger partial charge in [0.05, 0.1) is 6.42 Å². The molecule has 0 bridgehead atoms. The van der Waals surface area contributed by atoms with Crippen LogP contribution in [0.5, 0.6) is 0 Å². The highest BCUT2D eigenvalue weighted by Crippen LogP contribution is 2.19. The smallest absolute Gasteiger partial charge is 0.325 e. The van der Waals surface area contributed by atoms with Gasteiger partial charge in [0.25, 0.3) is 5.91 Å². The van der Waals surface area contributed by atoms with Crippen molar-refractivity contribution in [3.63, 3.8) is 0 Å². The first kappa shape index (κ1) is 20.6. The molecule has 0 aliphatic carbocycles. The zero-order chi connectivity index (χ0) is 21.6. The van der Waals surface area contributed by atoms with Gasteiger partial charge in [-0.2, -0.15) is 0 Å². The Bertz CT molecular complexity index is 1120. The number of nitrogens with one attached hydrogen (secondary N) is 1. The van der Waals surface area contributed by atoms with Crippen LogP contribution in [0.25, 0.3) is 10.8 Å². The van der Waals surface area contributed by atoms with Crippen molar-refractivity contribution >= 4 is 28.6 Å². The molecule has 1 aliphatic heterocycles. The fraction of sp³-hybridized carbons (Fsp3) is 0.240. The van der Waals surface area contributed by atoms with Crippen LogP contribution in [0.4, 0.5) is 0 Å². The molecule has 158 valence electrons. The predicted molar refractivity (Wildman–Crippen MR) is 117 cm³/mol. The summed E-state index contributed by atoms with van der Waals surface area (Å²) in [6.45, 7) is 0.545. The van der Waals surface area contributed by atoms with Gasteiger partial charge in [0, 0.05) is 13.1 Å². The molecular formula is C25H24N2O4. The van der Waals surface area contributed by atoms with E-state index < -0.39 is 5.97 Å². The van der Waals surface area contributed by atoms with Gasteiger partial charge in [-0.25, -0.2) is 0 Å². The predicted octanol–water partition coefficient (Wildman–Crippen LogP) is 2.63. The Morgan fingerprint density at radius 2 is 1.65 bits per heavy atom. The zero-order valence-corrected chi connectivity index (χ0v) is 17.2. The molecule has 0 saturated carbocycles. The molecule has 1 heterocycles. The number of amides is 2. The van der Waals surface area contributed by atoms with Crippen LogP contribution in [0.15, 0.2) is 66.7 Å². The largest absolute Gasteiger partial charge is 0.454 e. The third-order valence-electron chi connectivity index (χ3n) is 5.50. The maximum atomic E-state index is 12.4. The molecule has 1 N–H and O–H groups in total. The number of hydrogen-bond donors (Lipinski definition) is 1. The molecule has 2 amide bonds. The molecule has 3 aromatic carbocycles. The Morgan fingerprint density at radius 1 is 0.903 bits per heavy atom. The Kier molecular flexibility index (Phi) is 6.26. The third kappa shape index (κ3) is 5.09.